The van der Waals surface area contributed by atoms with Crippen LogP contribution in [-0.4, -0.2) is 25.7 Å². The van der Waals surface area contributed by atoms with Gasteiger partial charge in [0, 0.05) is 35.7 Å². The molecule has 1 unspecified atom stereocenters. The highest BCUT2D eigenvalue weighted by Gasteiger charge is 2.25. The van der Waals surface area contributed by atoms with Crippen molar-refractivity contribution in [3.05, 3.63) is 141 Å². The maximum absolute atomic E-state index is 13.3. The van der Waals surface area contributed by atoms with Gasteiger partial charge in [-0.05, 0) is 54.8 Å². The highest BCUT2D eigenvalue weighted by atomic mass is 32.2. The van der Waals surface area contributed by atoms with E-state index in [1.54, 1.807) is 12.1 Å². The van der Waals surface area contributed by atoms with Crippen molar-refractivity contribution in [2.75, 3.05) is 5.32 Å². The lowest BCUT2D eigenvalue weighted by Gasteiger charge is -2.20. The van der Waals surface area contributed by atoms with Crippen LogP contribution in [0.25, 0.3) is 5.69 Å². The molecule has 0 saturated carbocycles. The minimum Gasteiger partial charge on any atom is -0.327 e. The van der Waals surface area contributed by atoms with E-state index in [0.717, 1.165) is 22.3 Å². The summed E-state index contributed by atoms with van der Waals surface area (Å²) in [4.78, 5) is 24.2. The van der Waals surface area contributed by atoms with Crippen LogP contribution in [0.3, 0.4) is 0 Å². The fraction of sp³-hybridized carbons (Fsp3) is 0.156. The minimum atomic E-state index is -0.562. The van der Waals surface area contributed by atoms with Crippen molar-refractivity contribution in [2.45, 2.75) is 37.2 Å². The Bertz CT molecular complexity index is 1690. The van der Waals surface area contributed by atoms with E-state index in [0.29, 0.717) is 34.5 Å². The SMILES string of the molecule is Cc1cccc(CSc2nnc(C(Cc3ccccc3)NC(=O)Nc3cccc(C)c3)n2-c2ccc([N+](=O)[O-])cc2)c1. The van der Waals surface area contributed by atoms with Crippen molar-refractivity contribution >= 4 is 29.2 Å². The van der Waals surface area contributed by atoms with Crippen LogP contribution in [0.15, 0.2) is 108 Å². The third kappa shape index (κ3) is 7.21. The number of hydrogen-bond acceptors (Lipinski definition) is 6. The predicted octanol–water partition coefficient (Wildman–Crippen LogP) is 7.19. The highest BCUT2D eigenvalue weighted by Crippen LogP contribution is 2.30. The van der Waals surface area contributed by atoms with Crippen molar-refractivity contribution in [3.8, 4) is 5.69 Å². The van der Waals surface area contributed by atoms with Crippen LogP contribution < -0.4 is 10.6 Å². The van der Waals surface area contributed by atoms with Crippen LogP contribution >= 0.6 is 11.8 Å². The van der Waals surface area contributed by atoms with Gasteiger partial charge in [-0.15, -0.1) is 10.2 Å². The van der Waals surface area contributed by atoms with Gasteiger partial charge in [0.05, 0.1) is 11.0 Å². The highest BCUT2D eigenvalue weighted by molar-refractivity contribution is 7.98. The number of nitrogens with zero attached hydrogens (tertiary/aromatic N) is 4. The lowest BCUT2D eigenvalue weighted by atomic mass is 10.1. The van der Waals surface area contributed by atoms with Gasteiger partial charge in [0.2, 0.25) is 0 Å². The summed E-state index contributed by atoms with van der Waals surface area (Å²) in [6.45, 7) is 4.01. The summed E-state index contributed by atoms with van der Waals surface area (Å²) in [6, 6.07) is 31.0. The van der Waals surface area contributed by atoms with Gasteiger partial charge in [-0.25, -0.2) is 4.79 Å². The van der Waals surface area contributed by atoms with E-state index >= 15 is 0 Å². The Hall–Kier alpha value is -4.96. The molecule has 1 atom stereocenters. The first-order valence-corrected chi connectivity index (χ1v) is 14.4. The molecule has 2 amide bonds. The summed E-state index contributed by atoms with van der Waals surface area (Å²) in [5, 5.41) is 27.1. The maximum Gasteiger partial charge on any atom is 0.319 e. The second-order valence-corrected chi connectivity index (χ2v) is 10.9. The molecule has 0 aliphatic heterocycles. The molecule has 0 bridgehead atoms. The third-order valence-electron chi connectivity index (χ3n) is 6.60. The number of aryl methyl sites for hydroxylation is 2. The second-order valence-electron chi connectivity index (χ2n) is 9.94. The average Bonchev–Trinajstić information content (AvgIpc) is 3.40. The van der Waals surface area contributed by atoms with E-state index in [2.05, 4.69) is 33.0 Å². The number of benzene rings is 4. The summed E-state index contributed by atoms with van der Waals surface area (Å²) in [7, 11) is 0. The number of nitrogens with one attached hydrogen (secondary N) is 2. The monoisotopic (exact) mass is 578 g/mol. The summed E-state index contributed by atoms with van der Waals surface area (Å²) in [6.07, 6.45) is 0.454. The molecule has 1 aromatic heterocycles. The van der Waals surface area contributed by atoms with Crippen LogP contribution in [0.4, 0.5) is 16.2 Å². The number of nitro benzene ring substituents is 1. The van der Waals surface area contributed by atoms with Gasteiger partial charge < -0.3 is 10.6 Å². The van der Waals surface area contributed by atoms with Crippen molar-refractivity contribution in [1.82, 2.24) is 20.1 Å². The molecule has 0 radical (unpaired) electrons. The van der Waals surface area contributed by atoms with Crippen molar-refractivity contribution in [2.24, 2.45) is 0 Å². The molecule has 0 saturated heterocycles. The molecule has 0 spiro atoms. The number of nitro groups is 1. The quantitative estimate of drug-likeness (QED) is 0.103. The molecule has 0 aliphatic rings. The van der Waals surface area contributed by atoms with Gasteiger partial charge >= 0.3 is 6.03 Å². The topological polar surface area (TPSA) is 115 Å². The number of urea groups is 1. The number of thioether (sulfide) groups is 1. The number of amides is 2. The lowest BCUT2D eigenvalue weighted by molar-refractivity contribution is -0.384. The lowest BCUT2D eigenvalue weighted by Crippen LogP contribution is -2.35. The van der Waals surface area contributed by atoms with Gasteiger partial charge in [0.1, 0.15) is 0 Å². The molecule has 0 fully saturated rings. The number of carbonyl (C=O) groups is 1. The molecule has 42 heavy (non-hydrogen) atoms. The van der Waals surface area contributed by atoms with Gasteiger partial charge in [-0.1, -0.05) is 84.1 Å². The van der Waals surface area contributed by atoms with Crippen LogP contribution in [0.2, 0.25) is 0 Å². The Balaban J connectivity index is 1.52. The summed E-state index contributed by atoms with van der Waals surface area (Å²) >= 11 is 1.51. The van der Waals surface area contributed by atoms with Gasteiger partial charge in [0.25, 0.3) is 5.69 Å². The summed E-state index contributed by atoms with van der Waals surface area (Å²) in [5.41, 5.74) is 5.66. The number of hydrogen-bond donors (Lipinski definition) is 2. The molecule has 1 heterocycles. The van der Waals surface area contributed by atoms with E-state index in [4.69, 9.17) is 0 Å². The van der Waals surface area contributed by atoms with Crippen LogP contribution in [0.1, 0.15) is 34.1 Å². The Morgan fingerprint density at radius 1 is 0.881 bits per heavy atom. The zero-order chi connectivity index (χ0) is 29.5. The number of aromatic nitrogens is 3. The number of rotatable bonds is 10. The van der Waals surface area contributed by atoms with E-state index in [1.807, 2.05) is 85.1 Å². The van der Waals surface area contributed by atoms with Crippen molar-refractivity contribution in [1.29, 1.82) is 0 Å². The standard InChI is InChI=1S/C32H30N6O3S/c1-22-8-6-12-25(18-22)21-42-32-36-35-30(37(32)27-14-16-28(17-15-27)38(40)41)29(20-24-10-4-3-5-11-24)34-31(39)33-26-13-7-9-23(2)19-26/h3-19,29H,20-21H2,1-2H3,(H2,33,34,39). The zero-order valence-electron chi connectivity index (χ0n) is 23.2. The molecular weight excluding hydrogens is 548 g/mol. The summed E-state index contributed by atoms with van der Waals surface area (Å²) in [5.74, 6) is 1.16. The minimum absolute atomic E-state index is 0.0150. The Morgan fingerprint density at radius 3 is 2.26 bits per heavy atom. The predicted molar refractivity (Wildman–Crippen MR) is 165 cm³/mol. The molecule has 5 aromatic rings. The van der Waals surface area contributed by atoms with Crippen molar-refractivity contribution < 1.29 is 9.72 Å². The van der Waals surface area contributed by atoms with Crippen LogP contribution in [-0.2, 0) is 12.2 Å². The van der Waals surface area contributed by atoms with Gasteiger partial charge in [-0.3, -0.25) is 14.7 Å². The molecule has 10 heteroatoms. The molecule has 212 valence electrons. The van der Waals surface area contributed by atoms with E-state index in [1.165, 1.54) is 23.9 Å². The molecule has 5 rings (SSSR count). The molecule has 0 aliphatic carbocycles. The van der Waals surface area contributed by atoms with E-state index in [-0.39, 0.29) is 11.7 Å². The smallest absolute Gasteiger partial charge is 0.319 e. The molecular formula is C32H30N6O3S. The van der Waals surface area contributed by atoms with Crippen LogP contribution in [0, 0.1) is 24.0 Å². The van der Waals surface area contributed by atoms with Crippen LogP contribution in [0.5, 0.6) is 0 Å². The van der Waals surface area contributed by atoms with Gasteiger partial charge in [-0.2, -0.15) is 0 Å². The molecule has 4 aromatic carbocycles. The Morgan fingerprint density at radius 2 is 1.57 bits per heavy atom. The third-order valence-corrected chi connectivity index (χ3v) is 7.60. The summed E-state index contributed by atoms with van der Waals surface area (Å²) < 4.78 is 1.87. The number of non-ortho nitro benzene ring substituents is 1. The van der Waals surface area contributed by atoms with Gasteiger partial charge in [0.15, 0.2) is 11.0 Å². The second kappa shape index (κ2) is 13.1. The average molecular weight is 579 g/mol. The normalized spacial score (nSPS) is 11.6. The molecule has 9 nitrogen and oxygen atoms in total. The molecule has 2 N–H and O–H groups in total. The first kappa shape index (κ1) is 28.6. The fourth-order valence-electron chi connectivity index (χ4n) is 4.62. The first-order chi connectivity index (χ1) is 20.4. The van der Waals surface area contributed by atoms with E-state index < -0.39 is 11.0 Å². The zero-order valence-corrected chi connectivity index (χ0v) is 24.0. The Labute approximate surface area is 248 Å². The maximum atomic E-state index is 13.3. The Kier molecular flexibility index (Phi) is 8.93. The van der Waals surface area contributed by atoms with E-state index in [9.17, 15) is 14.9 Å². The number of anilines is 1. The fourth-order valence-corrected chi connectivity index (χ4v) is 5.52. The van der Waals surface area contributed by atoms with Crippen molar-refractivity contribution in [3.63, 3.8) is 0 Å². The first-order valence-electron chi connectivity index (χ1n) is 13.4. The number of carbonyl (C=O) groups excluding carboxylic acids is 1. The largest absolute Gasteiger partial charge is 0.327 e.